The van der Waals surface area contributed by atoms with Crippen LogP contribution in [0.3, 0.4) is 0 Å². The van der Waals surface area contributed by atoms with E-state index in [1.54, 1.807) is 0 Å². The highest BCUT2D eigenvalue weighted by Crippen LogP contribution is 2.50. The molecule has 1 saturated carbocycles. The lowest BCUT2D eigenvalue weighted by Gasteiger charge is -2.52. The van der Waals surface area contributed by atoms with Gasteiger partial charge >= 0.3 is 0 Å². The van der Waals surface area contributed by atoms with Crippen molar-refractivity contribution < 1.29 is 4.74 Å². The molecule has 0 atom stereocenters. The first-order chi connectivity index (χ1) is 8.99. The zero-order chi connectivity index (χ0) is 13.9. The fourth-order valence-corrected chi connectivity index (χ4v) is 3.51. The van der Waals surface area contributed by atoms with Gasteiger partial charge in [-0.2, -0.15) is 0 Å². The van der Waals surface area contributed by atoms with Crippen LogP contribution in [0, 0.1) is 11.3 Å². The van der Waals surface area contributed by atoms with Crippen molar-refractivity contribution in [3.8, 4) is 0 Å². The number of hydrogen-bond donors (Lipinski definition) is 0. The molecule has 0 aromatic heterocycles. The van der Waals surface area contributed by atoms with Gasteiger partial charge in [-0.3, -0.25) is 0 Å². The van der Waals surface area contributed by atoms with Crippen LogP contribution in [0.1, 0.15) is 53.4 Å². The topological polar surface area (TPSA) is 12.5 Å². The Bertz CT molecular complexity index is 301. The minimum atomic E-state index is 0.534. The van der Waals surface area contributed by atoms with Crippen molar-refractivity contribution in [2.24, 2.45) is 11.3 Å². The van der Waals surface area contributed by atoms with Crippen LogP contribution >= 0.6 is 0 Å². The molecule has 1 spiro atoms. The molecule has 1 aliphatic carbocycles. The highest BCUT2D eigenvalue weighted by Gasteiger charge is 2.46. The van der Waals surface area contributed by atoms with Crippen molar-refractivity contribution >= 4 is 0 Å². The maximum atomic E-state index is 5.92. The molecule has 2 aliphatic rings. The predicted octanol–water partition coefficient (Wildman–Crippen LogP) is 3.87. The van der Waals surface area contributed by atoms with Crippen LogP contribution in [0.25, 0.3) is 0 Å². The highest BCUT2D eigenvalue weighted by molar-refractivity contribution is 4.99. The number of rotatable bonds is 5. The van der Waals surface area contributed by atoms with Gasteiger partial charge in [-0.05, 0) is 64.0 Å². The van der Waals surface area contributed by atoms with Gasteiger partial charge < -0.3 is 9.64 Å². The molecule has 1 saturated heterocycles. The van der Waals surface area contributed by atoms with Crippen molar-refractivity contribution in [3.63, 3.8) is 0 Å². The van der Waals surface area contributed by atoms with E-state index in [1.807, 2.05) is 0 Å². The average molecular weight is 265 g/mol. The van der Waals surface area contributed by atoms with Gasteiger partial charge in [0.15, 0.2) is 0 Å². The van der Waals surface area contributed by atoms with Gasteiger partial charge in [-0.25, -0.2) is 0 Å². The molecule has 0 amide bonds. The fraction of sp³-hybridized carbons (Fsp3) is 0.882. The van der Waals surface area contributed by atoms with E-state index >= 15 is 0 Å². The smallest absolute Gasteiger partial charge is 0.0653 e. The lowest BCUT2D eigenvalue weighted by atomic mass is 9.61. The van der Waals surface area contributed by atoms with Crippen molar-refractivity contribution in [1.29, 1.82) is 0 Å². The first-order valence-corrected chi connectivity index (χ1v) is 7.96. The Morgan fingerprint density at radius 1 is 1.26 bits per heavy atom. The molecule has 2 heteroatoms. The summed E-state index contributed by atoms with van der Waals surface area (Å²) in [6.45, 7) is 13.6. The Kier molecular flexibility index (Phi) is 5.08. The first kappa shape index (κ1) is 15.1. The number of ether oxygens (including phenoxy) is 1. The van der Waals surface area contributed by atoms with Crippen molar-refractivity contribution in [3.05, 3.63) is 11.6 Å². The van der Waals surface area contributed by atoms with Gasteiger partial charge in [-0.1, -0.05) is 25.5 Å². The van der Waals surface area contributed by atoms with E-state index in [0.29, 0.717) is 11.5 Å². The first-order valence-electron chi connectivity index (χ1n) is 7.96. The van der Waals surface area contributed by atoms with Crippen molar-refractivity contribution in [2.75, 3.05) is 26.2 Å². The van der Waals surface area contributed by atoms with E-state index in [0.717, 1.165) is 12.5 Å². The Morgan fingerprint density at radius 3 is 2.42 bits per heavy atom. The Labute approximate surface area is 119 Å². The van der Waals surface area contributed by atoms with Gasteiger partial charge in [0, 0.05) is 6.54 Å². The molecule has 19 heavy (non-hydrogen) atoms. The zero-order valence-electron chi connectivity index (χ0n) is 13.2. The molecular weight excluding hydrogens is 234 g/mol. The summed E-state index contributed by atoms with van der Waals surface area (Å²) in [5, 5.41) is 0. The highest BCUT2D eigenvalue weighted by atomic mass is 16.5. The number of allylic oxidation sites excluding steroid dienone is 1. The van der Waals surface area contributed by atoms with Gasteiger partial charge in [-0.15, -0.1) is 0 Å². The lowest BCUT2D eigenvalue weighted by Crippen LogP contribution is -2.50. The molecule has 0 bridgehead atoms. The summed E-state index contributed by atoms with van der Waals surface area (Å²) in [6.07, 6.45) is 8.12. The van der Waals surface area contributed by atoms with Crippen molar-refractivity contribution in [2.45, 2.75) is 59.5 Å². The average Bonchev–Trinajstić information content (AvgIpc) is 2.28. The Morgan fingerprint density at radius 2 is 1.89 bits per heavy atom. The third kappa shape index (κ3) is 4.32. The van der Waals surface area contributed by atoms with Gasteiger partial charge in [0.1, 0.15) is 0 Å². The summed E-state index contributed by atoms with van der Waals surface area (Å²) in [7, 11) is 0. The third-order valence-electron chi connectivity index (χ3n) is 4.68. The molecule has 2 fully saturated rings. The second kappa shape index (κ2) is 6.41. The number of piperidine rings is 1. The van der Waals surface area contributed by atoms with Crippen LogP contribution < -0.4 is 0 Å². The summed E-state index contributed by atoms with van der Waals surface area (Å²) in [6, 6.07) is 0. The van der Waals surface area contributed by atoms with Gasteiger partial charge in [0.25, 0.3) is 0 Å². The van der Waals surface area contributed by atoms with E-state index in [2.05, 4.69) is 38.7 Å². The molecule has 2 rings (SSSR count). The fourth-order valence-electron chi connectivity index (χ4n) is 3.51. The minimum absolute atomic E-state index is 0.534. The van der Waals surface area contributed by atoms with Crippen LogP contribution in [-0.4, -0.2) is 37.2 Å². The molecule has 0 N–H and O–H groups in total. The number of hydrogen-bond acceptors (Lipinski definition) is 2. The lowest BCUT2D eigenvalue weighted by molar-refractivity contribution is -0.0981. The van der Waals surface area contributed by atoms with E-state index in [9.17, 15) is 0 Å². The standard InChI is InChI=1S/C17H31NO/c1-14(2)5-10-19-16-11-17(12-16)6-8-18(9-7-17)13-15(3)4/h5,15-16H,6-13H2,1-4H3. The van der Waals surface area contributed by atoms with E-state index in [1.165, 1.54) is 50.9 Å². The van der Waals surface area contributed by atoms with Gasteiger partial charge in [0.05, 0.1) is 12.7 Å². The Balaban J connectivity index is 1.65. The number of nitrogens with zero attached hydrogens (tertiary/aromatic N) is 1. The third-order valence-corrected chi connectivity index (χ3v) is 4.68. The van der Waals surface area contributed by atoms with Crippen LogP contribution in [0.2, 0.25) is 0 Å². The quantitative estimate of drug-likeness (QED) is 0.700. The molecule has 0 aromatic rings. The predicted molar refractivity (Wildman–Crippen MR) is 81.4 cm³/mol. The zero-order valence-corrected chi connectivity index (χ0v) is 13.2. The summed E-state index contributed by atoms with van der Waals surface area (Å²) in [5.41, 5.74) is 2.00. The maximum Gasteiger partial charge on any atom is 0.0653 e. The van der Waals surface area contributed by atoms with Crippen LogP contribution in [0.5, 0.6) is 0 Å². The normalized spacial score (nSPS) is 23.6. The Hall–Kier alpha value is -0.340. The van der Waals surface area contributed by atoms with E-state index in [4.69, 9.17) is 4.74 Å². The maximum absolute atomic E-state index is 5.92. The molecular formula is C17H31NO. The summed E-state index contributed by atoms with van der Waals surface area (Å²) < 4.78 is 5.92. The molecule has 1 heterocycles. The minimum Gasteiger partial charge on any atom is -0.374 e. The second-order valence-electron chi connectivity index (χ2n) is 7.34. The molecule has 110 valence electrons. The van der Waals surface area contributed by atoms with Gasteiger partial charge in [0.2, 0.25) is 0 Å². The molecule has 0 unspecified atom stereocenters. The largest absolute Gasteiger partial charge is 0.374 e. The number of likely N-dealkylation sites (tertiary alicyclic amines) is 1. The molecule has 0 radical (unpaired) electrons. The summed E-state index contributed by atoms with van der Waals surface area (Å²) in [4.78, 5) is 2.65. The monoisotopic (exact) mass is 265 g/mol. The van der Waals surface area contributed by atoms with E-state index < -0.39 is 0 Å². The molecule has 1 aliphatic heterocycles. The van der Waals surface area contributed by atoms with Crippen LogP contribution in [0.15, 0.2) is 11.6 Å². The van der Waals surface area contributed by atoms with Crippen LogP contribution in [-0.2, 0) is 4.74 Å². The molecule has 2 nitrogen and oxygen atoms in total. The SMILES string of the molecule is CC(C)=CCOC1CC2(CCN(CC(C)C)CC2)C1. The summed E-state index contributed by atoms with van der Waals surface area (Å²) in [5.74, 6) is 0.801. The molecule has 0 aromatic carbocycles. The summed E-state index contributed by atoms with van der Waals surface area (Å²) >= 11 is 0. The van der Waals surface area contributed by atoms with Crippen LogP contribution in [0.4, 0.5) is 0 Å². The van der Waals surface area contributed by atoms with E-state index in [-0.39, 0.29) is 0 Å². The van der Waals surface area contributed by atoms with Crippen molar-refractivity contribution in [1.82, 2.24) is 4.90 Å². The second-order valence-corrected chi connectivity index (χ2v) is 7.34.